The van der Waals surface area contributed by atoms with Crippen LogP contribution in [-0.4, -0.2) is 45.3 Å². The van der Waals surface area contributed by atoms with E-state index in [-0.39, 0.29) is 30.1 Å². The standard InChI is InChI=1S/C19H28N2O4/c1-19(2,3)9-11-20-10-8-18(23)21-15-7-6-14(12-17(15)25-5)16(22)13-24-4/h6-7,11-12H,8-10,13H2,1-5H3,(H,21,23). The third kappa shape index (κ3) is 7.94. The molecular weight excluding hydrogens is 320 g/mol. The molecule has 1 aromatic carbocycles. The smallest absolute Gasteiger partial charge is 0.226 e. The Morgan fingerprint density at radius 3 is 2.56 bits per heavy atom. The molecule has 0 heterocycles. The van der Waals surface area contributed by atoms with Crippen LogP contribution >= 0.6 is 0 Å². The molecule has 0 fully saturated rings. The summed E-state index contributed by atoms with van der Waals surface area (Å²) in [6.45, 7) is 6.85. The van der Waals surface area contributed by atoms with Gasteiger partial charge in [0.25, 0.3) is 0 Å². The van der Waals surface area contributed by atoms with Gasteiger partial charge in [-0.1, -0.05) is 20.8 Å². The van der Waals surface area contributed by atoms with Crippen LogP contribution in [0.5, 0.6) is 5.75 Å². The molecular formula is C19H28N2O4. The molecule has 0 bridgehead atoms. The van der Waals surface area contributed by atoms with Crippen molar-refractivity contribution in [1.29, 1.82) is 0 Å². The Labute approximate surface area is 149 Å². The molecule has 6 heteroatoms. The summed E-state index contributed by atoms with van der Waals surface area (Å²) in [4.78, 5) is 28.1. The fourth-order valence-electron chi connectivity index (χ4n) is 1.99. The second-order valence-corrected chi connectivity index (χ2v) is 6.92. The molecule has 0 aromatic heterocycles. The quantitative estimate of drug-likeness (QED) is 0.548. The molecule has 0 atom stereocenters. The number of ether oxygens (including phenoxy) is 2. The number of nitrogens with one attached hydrogen (secondary N) is 1. The maximum atomic E-state index is 12.0. The molecule has 0 aliphatic rings. The second-order valence-electron chi connectivity index (χ2n) is 6.92. The molecule has 0 spiro atoms. The van der Waals surface area contributed by atoms with Crippen LogP contribution in [0.2, 0.25) is 0 Å². The summed E-state index contributed by atoms with van der Waals surface area (Å²) >= 11 is 0. The van der Waals surface area contributed by atoms with Crippen LogP contribution in [0.3, 0.4) is 0 Å². The molecule has 0 radical (unpaired) electrons. The number of carbonyl (C=O) groups excluding carboxylic acids is 2. The van der Waals surface area contributed by atoms with Crippen LogP contribution in [0, 0.1) is 5.41 Å². The Bertz CT molecular complexity index is 618. The molecule has 0 aliphatic heterocycles. The van der Waals surface area contributed by atoms with Crippen molar-refractivity contribution < 1.29 is 19.1 Å². The lowest BCUT2D eigenvalue weighted by Crippen LogP contribution is -2.14. The number of nitrogens with zero attached hydrogens (tertiary/aromatic N) is 1. The van der Waals surface area contributed by atoms with E-state index in [1.807, 2.05) is 6.21 Å². The molecule has 0 unspecified atom stereocenters. The number of carbonyl (C=O) groups is 2. The number of aliphatic imine (C=N–C) groups is 1. The molecule has 0 aliphatic carbocycles. The highest BCUT2D eigenvalue weighted by Crippen LogP contribution is 2.26. The first-order valence-electron chi connectivity index (χ1n) is 8.25. The van der Waals surface area contributed by atoms with Crippen molar-refractivity contribution in [2.45, 2.75) is 33.6 Å². The van der Waals surface area contributed by atoms with Gasteiger partial charge in [0.1, 0.15) is 12.4 Å². The van der Waals surface area contributed by atoms with Gasteiger partial charge in [-0.3, -0.25) is 14.6 Å². The maximum Gasteiger partial charge on any atom is 0.226 e. The van der Waals surface area contributed by atoms with Gasteiger partial charge >= 0.3 is 0 Å². The molecule has 1 aromatic rings. The zero-order chi connectivity index (χ0) is 18.9. The average Bonchev–Trinajstić information content (AvgIpc) is 2.54. The maximum absolute atomic E-state index is 12.0. The van der Waals surface area contributed by atoms with Gasteiger partial charge in [0, 0.05) is 25.6 Å². The van der Waals surface area contributed by atoms with E-state index in [0.29, 0.717) is 23.5 Å². The first kappa shape index (κ1) is 20.8. The lowest BCUT2D eigenvalue weighted by atomic mass is 9.93. The topological polar surface area (TPSA) is 77.0 Å². The van der Waals surface area contributed by atoms with Crippen molar-refractivity contribution in [3.05, 3.63) is 23.8 Å². The summed E-state index contributed by atoms with van der Waals surface area (Å²) < 4.78 is 10.1. The van der Waals surface area contributed by atoms with E-state index in [1.54, 1.807) is 18.2 Å². The van der Waals surface area contributed by atoms with Crippen LogP contribution in [-0.2, 0) is 9.53 Å². The molecule has 1 amide bonds. The monoisotopic (exact) mass is 348 g/mol. The largest absolute Gasteiger partial charge is 0.495 e. The van der Waals surface area contributed by atoms with Gasteiger partial charge in [0.15, 0.2) is 5.78 Å². The molecule has 1 N–H and O–H groups in total. The first-order valence-corrected chi connectivity index (χ1v) is 8.25. The Hall–Kier alpha value is -2.21. The Balaban J connectivity index is 2.60. The third-order valence-electron chi connectivity index (χ3n) is 3.37. The number of methoxy groups -OCH3 is 2. The van der Waals surface area contributed by atoms with E-state index in [0.717, 1.165) is 6.42 Å². The normalized spacial score (nSPS) is 11.6. The SMILES string of the molecule is COCC(=O)c1ccc(NC(=O)CCN=CCC(C)(C)C)c(OC)c1. The summed E-state index contributed by atoms with van der Waals surface area (Å²) in [5, 5.41) is 2.79. The van der Waals surface area contributed by atoms with Crippen molar-refractivity contribution in [3.63, 3.8) is 0 Å². The number of hydrogen-bond acceptors (Lipinski definition) is 5. The minimum absolute atomic E-state index is 0.00142. The molecule has 25 heavy (non-hydrogen) atoms. The van der Waals surface area contributed by atoms with Crippen molar-refractivity contribution in [3.8, 4) is 5.75 Å². The van der Waals surface area contributed by atoms with Crippen molar-refractivity contribution in [2.24, 2.45) is 10.4 Å². The highest BCUT2D eigenvalue weighted by atomic mass is 16.5. The highest BCUT2D eigenvalue weighted by molar-refractivity contribution is 5.99. The van der Waals surface area contributed by atoms with E-state index in [2.05, 4.69) is 31.1 Å². The predicted molar refractivity (Wildman–Crippen MR) is 99.9 cm³/mol. The Morgan fingerprint density at radius 2 is 1.96 bits per heavy atom. The molecule has 6 nitrogen and oxygen atoms in total. The zero-order valence-corrected chi connectivity index (χ0v) is 15.7. The van der Waals surface area contributed by atoms with Crippen LogP contribution in [0.25, 0.3) is 0 Å². The van der Waals surface area contributed by atoms with Gasteiger partial charge in [0.05, 0.1) is 12.8 Å². The number of amides is 1. The zero-order valence-electron chi connectivity index (χ0n) is 15.7. The van der Waals surface area contributed by atoms with Crippen LogP contribution in [0.4, 0.5) is 5.69 Å². The average molecular weight is 348 g/mol. The lowest BCUT2D eigenvalue weighted by Gasteiger charge is -2.13. The number of ketones is 1. The third-order valence-corrected chi connectivity index (χ3v) is 3.37. The van der Waals surface area contributed by atoms with Crippen LogP contribution in [0.1, 0.15) is 44.0 Å². The fraction of sp³-hybridized carbons (Fsp3) is 0.526. The van der Waals surface area contributed by atoms with Gasteiger partial charge < -0.3 is 14.8 Å². The van der Waals surface area contributed by atoms with Crippen LogP contribution in [0.15, 0.2) is 23.2 Å². The summed E-state index contributed by atoms with van der Waals surface area (Å²) in [6.07, 6.45) is 3.03. The molecule has 0 saturated carbocycles. The number of anilines is 1. The predicted octanol–water partition coefficient (Wildman–Crippen LogP) is 3.36. The van der Waals surface area contributed by atoms with Gasteiger partial charge in [-0.05, 0) is 36.2 Å². The number of rotatable bonds is 9. The Morgan fingerprint density at radius 1 is 1.24 bits per heavy atom. The number of Topliss-reactive ketones (excluding diaryl/α,β-unsaturated/α-hetero) is 1. The number of benzene rings is 1. The van der Waals surface area contributed by atoms with Crippen molar-refractivity contribution >= 4 is 23.6 Å². The second kappa shape index (κ2) is 9.93. The van der Waals surface area contributed by atoms with E-state index < -0.39 is 0 Å². The van der Waals surface area contributed by atoms with Crippen LogP contribution < -0.4 is 10.1 Å². The first-order chi connectivity index (χ1) is 11.8. The van der Waals surface area contributed by atoms with E-state index in [9.17, 15) is 9.59 Å². The Kier molecular flexibility index (Phi) is 8.28. The summed E-state index contributed by atoms with van der Waals surface area (Å²) in [7, 11) is 2.96. The lowest BCUT2D eigenvalue weighted by molar-refractivity contribution is -0.116. The van der Waals surface area contributed by atoms with Gasteiger partial charge in [-0.25, -0.2) is 0 Å². The van der Waals surface area contributed by atoms with E-state index in [4.69, 9.17) is 9.47 Å². The molecule has 1 rings (SSSR count). The fourth-order valence-corrected chi connectivity index (χ4v) is 1.99. The van der Waals surface area contributed by atoms with E-state index >= 15 is 0 Å². The summed E-state index contributed by atoms with van der Waals surface area (Å²) in [6, 6.07) is 4.89. The number of hydrogen-bond donors (Lipinski definition) is 1. The highest BCUT2D eigenvalue weighted by Gasteiger charge is 2.12. The molecule has 0 saturated heterocycles. The summed E-state index contributed by atoms with van der Waals surface area (Å²) in [5.74, 6) is 0.139. The minimum atomic E-state index is -0.151. The van der Waals surface area contributed by atoms with Gasteiger partial charge in [0.2, 0.25) is 5.91 Å². The van der Waals surface area contributed by atoms with Crippen molar-refractivity contribution in [1.82, 2.24) is 0 Å². The van der Waals surface area contributed by atoms with Gasteiger partial charge in [-0.2, -0.15) is 0 Å². The van der Waals surface area contributed by atoms with E-state index in [1.165, 1.54) is 14.2 Å². The molecule has 138 valence electrons. The summed E-state index contributed by atoms with van der Waals surface area (Å²) in [5.41, 5.74) is 1.20. The van der Waals surface area contributed by atoms with Gasteiger partial charge in [-0.15, -0.1) is 0 Å². The van der Waals surface area contributed by atoms with Crippen molar-refractivity contribution in [2.75, 3.05) is 32.7 Å². The minimum Gasteiger partial charge on any atom is -0.495 e.